The topological polar surface area (TPSA) is 84.0 Å². The number of carbonyl (C=O) groups excluding carboxylic acids is 2. The highest BCUT2D eigenvalue weighted by molar-refractivity contribution is 7.88. The molecule has 0 bridgehead atoms. The van der Waals surface area contributed by atoms with Gasteiger partial charge in [0.1, 0.15) is 6.10 Å². The summed E-state index contributed by atoms with van der Waals surface area (Å²) in [7, 11) is -3.46. The van der Waals surface area contributed by atoms with Crippen molar-refractivity contribution in [3.05, 3.63) is 107 Å². The van der Waals surface area contributed by atoms with E-state index in [0.29, 0.717) is 30.6 Å². The van der Waals surface area contributed by atoms with Crippen LogP contribution in [-0.4, -0.2) is 55.7 Å². The third-order valence-corrected chi connectivity index (χ3v) is 8.36. The molecule has 35 heavy (non-hydrogen) atoms. The SMILES string of the molecule is O=C1OC(c2ccccc2)Cc2cc(C(=O)N3CCN(S(=O)(=O)Cc4ccccc4)CC3)ccc21. The Labute approximate surface area is 205 Å². The molecule has 1 fully saturated rings. The maximum absolute atomic E-state index is 13.2. The van der Waals surface area contributed by atoms with E-state index in [1.807, 2.05) is 48.5 Å². The van der Waals surface area contributed by atoms with Gasteiger partial charge in [0.2, 0.25) is 10.0 Å². The minimum absolute atomic E-state index is 0.0503. The van der Waals surface area contributed by atoms with Gasteiger partial charge in [-0.15, -0.1) is 0 Å². The minimum atomic E-state index is -3.46. The Morgan fingerprint density at radius 2 is 1.54 bits per heavy atom. The summed E-state index contributed by atoms with van der Waals surface area (Å²) in [6, 6.07) is 23.7. The lowest BCUT2D eigenvalue weighted by molar-refractivity contribution is 0.0252. The number of rotatable bonds is 5. The van der Waals surface area contributed by atoms with Gasteiger partial charge in [0.15, 0.2) is 0 Å². The van der Waals surface area contributed by atoms with Crippen molar-refractivity contribution in [2.24, 2.45) is 0 Å². The molecule has 1 atom stereocenters. The van der Waals surface area contributed by atoms with Gasteiger partial charge in [-0.25, -0.2) is 13.2 Å². The van der Waals surface area contributed by atoms with Crippen molar-refractivity contribution < 1.29 is 22.7 Å². The zero-order chi connectivity index (χ0) is 24.4. The van der Waals surface area contributed by atoms with Crippen LogP contribution in [0.25, 0.3) is 0 Å². The van der Waals surface area contributed by atoms with Gasteiger partial charge in [-0.2, -0.15) is 4.31 Å². The number of fused-ring (bicyclic) bond motifs is 1. The summed E-state index contributed by atoms with van der Waals surface area (Å²) in [5, 5.41) is 0. The standard InChI is InChI=1S/C27H26N2O5S/c30-26(28-13-15-29(16-14-28)35(32,33)19-20-7-3-1-4-8-20)22-11-12-24-23(17-22)18-25(34-27(24)31)21-9-5-2-6-10-21/h1-12,17,25H,13-16,18-19H2. The van der Waals surface area contributed by atoms with Gasteiger partial charge >= 0.3 is 5.97 Å². The summed E-state index contributed by atoms with van der Waals surface area (Å²) < 4.78 is 32.7. The number of piperazine rings is 1. The molecular formula is C27H26N2O5S. The summed E-state index contributed by atoms with van der Waals surface area (Å²) >= 11 is 0. The van der Waals surface area contributed by atoms with Crippen molar-refractivity contribution >= 4 is 21.9 Å². The zero-order valence-corrected chi connectivity index (χ0v) is 20.0. The Hall–Kier alpha value is -3.49. The summed E-state index contributed by atoms with van der Waals surface area (Å²) in [6.45, 7) is 1.15. The molecule has 1 amide bonds. The largest absolute Gasteiger partial charge is 0.454 e. The van der Waals surface area contributed by atoms with Crippen molar-refractivity contribution in [2.45, 2.75) is 18.3 Å². The summed E-state index contributed by atoms with van der Waals surface area (Å²) in [5.41, 5.74) is 3.41. The predicted molar refractivity (Wildman–Crippen MR) is 131 cm³/mol. The molecule has 0 aromatic heterocycles. The number of cyclic esters (lactones) is 1. The maximum Gasteiger partial charge on any atom is 0.339 e. The van der Waals surface area contributed by atoms with E-state index < -0.39 is 16.0 Å². The molecule has 1 saturated heterocycles. The number of carbonyl (C=O) groups is 2. The molecule has 1 unspecified atom stereocenters. The Balaban J connectivity index is 1.26. The first-order valence-corrected chi connectivity index (χ1v) is 13.2. The van der Waals surface area contributed by atoms with E-state index >= 15 is 0 Å². The molecule has 5 rings (SSSR count). The van der Waals surface area contributed by atoms with Crippen LogP contribution in [0, 0.1) is 0 Å². The summed E-state index contributed by atoms with van der Waals surface area (Å²) in [5.74, 6) is -0.606. The van der Waals surface area contributed by atoms with Gasteiger partial charge < -0.3 is 9.64 Å². The fourth-order valence-corrected chi connectivity index (χ4v) is 6.13. The highest BCUT2D eigenvalue weighted by Crippen LogP contribution is 2.31. The number of amides is 1. The normalized spacial score (nSPS) is 18.6. The quantitative estimate of drug-likeness (QED) is 0.512. The Morgan fingerprint density at radius 1 is 0.886 bits per heavy atom. The smallest absolute Gasteiger partial charge is 0.339 e. The molecular weight excluding hydrogens is 464 g/mol. The van der Waals surface area contributed by atoms with Crippen LogP contribution in [0.5, 0.6) is 0 Å². The van der Waals surface area contributed by atoms with E-state index in [-0.39, 0.29) is 30.9 Å². The fourth-order valence-electron chi connectivity index (χ4n) is 4.61. The van der Waals surface area contributed by atoms with E-state index in [2.05, 4.69) is 0 Å². The molecule has 2 heterocycles. The first-order chi connectivity index (χ1) is 16.9. The molecule has 8 heteroatoms. The lowest BCUT2D eigenvalue weighted by atomic mass is 9.93. The zero-order valence-electron chi connectivity index (χ0n) is 19.2. The second-order valence-corrected chi connectivity index (χ2v) is 10.8. The van der Waals surface area contributed by atoms with E-state index in [1.165, 1.54) is 4.31 Å². The van der Waals surface area contributed by atoms with Gasteiger partial charge in [0.25, 0.3) is 5.91 Å². The van der Waals surface area contributed by atoms with E-state index in [4.69, 9.17) is 4.74 Å². The number of hydrogen-bond donors (Lipinski definition) is 0. The summed E-state index contributed by atoms with van der Waals surface area (Å²) in [4.78, 5) is 27.4. The van der Waals surface area contributed by atoms with Crippen LogP contribution < -0.4 is 0 Å². The van der Waals surface area contributed by atoms with Crippen molar-refractivity contribution in [1.82, 2.24) is 9.21 Å². The number of sulfonamides is 1. The Kier molecular flexibility index (Phi) is 6.40. The molecule has 3 aromatic rings. The van der Waals surface area contributed by atoms with Crippen molar-refractivity contribution in [3.8, 4) is 0 Å². The third-order valence-electron chi connectivity index (χ3n) is 6.51. The first-order valence-electron chi connectivity index (χ1n) is 11.6. The molecule has 2 aliphatic heterocycles. The fraction of sp³-hybridized carbons (Fsp3) is 0.259. The van der Waals surface area contributed by atoms with Crippen LogP contribution in [0.3, 0.4) is 0 Å². The predicted octanol–water partition coefficient (Wildman–Crippen LogP) is 3.43. The molecule has 0 saturated carbocycles. The number of benzene rings is 3. The molecule has 0 N–H and O–H groups in total. The van der Waals surface area contributed by atoms with E-state index in [1.54, 1.807) is 35.2 Å². The van der Waals surface area contributed by atoms with Crippen LogP contribution in [-0.2, 0) is 26.9 Å². The second-order valence-electron chi connectivity index (χ2n) is 8.81. The van der Waals surface area contributed by atoms with Crippen LogP contribution in [0.1, 0.15) is 43.5 Å². The number of ether oxygens (including phenoxy) is 1. The molecule has 2 aliphatic rings. The summed E-state index contributed by atoms with van der Waals surface area (Å²) in [6.07, 6.45) is 0.109. The van der Waals surface area contributed by atoms with Crippen LogP contribution in [0.4, 0.5) is 0 Å². The minimum Gasteiger partial charge on any atom is -0.454 e. The first kappa shape index (κ1) is 23.3. The highest BCUT2D eigenvalue weighted by Gasteiger charge is 2.31. The van der Waals surface area contributed by atoms with E-state index in [9.17, 15) is 18.0 Å². The Morgan fingerprint density at radius 3 is 2.23 bits per heavy atom. The van der Waals surface area contributed by atoms with Crippen molar-refractivity contribution in [1.29, 1.82) is 0 Å². The second kappa shape index (κ2) is 9.64. The average molecular weight is 491 g/mol. The molecule has 0 aliphatic carbocycles. The molecule has 3 aromatic carbocycles. The number of nitrogens with zero attached hydrogens (tertiary/aromatic N) is 2. The van der Waals surface area contributed by atoms with Crippen molar-refractivity contribution in [2.75, 3.05) is 26.2 Å². The van der Waals surface area contributed by atoms with Gasteiger partial charge in [-0.3, -0.25) is 4.79 Å². The van der Waals surface area contributed by atoms with Crippen LogP contribution in [0.15, 0.2) is 78.9 Å². The van der Waals surface area contributed by atoms with Crippen LogP contribution >= 0.6 is 0 Å². The molecule has 7 nitrogen and oxygen atoms in total. The molecule has 0 spiro atoms. The molecule has 180 valence electrons. The lowest BCUT2D eigenvalue weighted by Gasteiger charge is -2.34. The third kappa shape index (κ3) is 4.99. The number of esters is 1. The van der Waals surface area contributed by atoms with Gasteiger partial charge in [0.05, 0.1) is 11.3 Å². The maximum atomic E-state index is 13.2. The van der Waals surface area contributed by atoms with Crippen LogP contribution in [0.2, 0.25) is 0 Å². The highest BCUT2D eigenvalue weighted by atomic mass is 32.2. The van der Waals surface area contributed by atoms with E-state index in [0.717, 1.165) is 16.7 Å². The van der Waals surface area contributed by atoms with Gasteiger partial charge in [-0.1, -0.05) is 60.7 Å². The average Bonchev–Trinajstić information content (AvgIpc) is 2.89. The lowest BCUT2D eigenvalue weighted by Crippen LogP contribution is -2.50. The number of hydrogen-bond acceptors (Lipinski definition) is 5. The van der Waals surface area contributed by atoms with Gasteiger partial charge in [0, 0.05) is 38.2 Å². The van der Waals surface area contributed by atoms with Gasteiger partial charge in [-0.05, 0) is 34.9 Å². The molecule has 0 radical (unpaired) electrons. The Bertz CT molecular complexity index is 1330. The van der Waals surface area contributed by atoms with Crippen molar-refractivity contribution in [3.63, 3.8) is 0 Å². The monoisotopic (exact) mass is 490 g/mol.